The Kier molecular flexibility index (Phi) is 5.22. The summed E-state index contributed by atoms with van der Waals surface area (Å²) < 4.78 is 10.3. The van der Waals surface area contributed by atoms with Crippen LogP contribution in [0.5, 0.6) is 0 Å². The highest BCUT2D eigenvalue weighted by Gasteiger charge is 2.30. The summed E-state index contributed by atoms with van der Waals surface area (Å²) in [5.74, 6) is 1.25. The van der Waals surface area contributed by atoms with Crippen LogP contribution in [0.4, 0.5) is 0 Å². The van der Waals surface area contributed by atoms with Gasteiger partial charge in [0.25, 0.3) is 11.5 Å². The van der Waals surface area contributed by atoms with Crippen molar-refractivity contribution in [3.05, 3.63) is 39.7 Å². The molecule has 1 atom stereocenters. The fourth-order valence-corrected chi connectivity index (χ4v) is 2.90. The molecule has 134 valence electrons. The van der Waals surface area contributed by atoms with Crippen LogP contribution in [0.2, 0.25) is 0 Å². The number of carbonyl (C=O) groups is 1. The first kappa shape index (κ1) is 17.3. The predicted molar refractivity (Wildman–Crippen MR) is 87.4 cm³/mol. The maximum Gasteiger partial charge on any atom is 0.263 e. The van der Waals surface area contributed by atoms with E-state index < -0.39 is 5.56 Å². The SMILES string of the molecule is COCCc1noc([C@@H]2CCCN(C(=O)c3cnc(C)[nH]c3=O)C2)n1. The van der Waals surface area contributed by atoms with Gasteiger partial charge in [-0.05, 0) is 19.8 Å². The highest BCUT2D eigenvalue weighted by atomic mass is 16.5. The largest absolute Gasteiger partial charge is 0.384 e. The molecule has 0 aliphatic carbocycles. The summed E-state index contributed by atoms with van der Waals surface area (Å²) in [6, 6.07) is 0. The lowest BCUT2D eigenvalue weighted by Crippen LogP contribution is -2.41. The summed E-state index contributed by atoms with van der Waals surface area (Å²) in [4.78, 5) is 37.2. The zero-order chi connectivity index (χ0) is 17.8. The van der Waals surface area contributed by atoms with Gasteiger partial charge in [0.1, 0.15) is 11.4 Å². The molecule has 2 aromatic heterocycles. The number of hydrogen-bond donors (Lipinski definition) is 1. The normalized spacial score (nSPS) is 17.7. The van der Waals surface area contributed by atoms with Crippen LogP contribution in [-0.4, -0.2) is 57.7 Å². The average Bonchev–Trinajstić information content (AvgIpc) is 3.08. The van der Waals surface area contributed by atoms with E-state index in [2.05, 4.69) is 20.1 Å². The summed E-state index contributed by atoms with van der Waals surface area (Å²) in [6.45, 7) is 3.23. The molecule has 3 heterocycles. The third-order valence-electron chi connectivity index (χ3n) is 4.23. The van der Waals surface area contributed by atoms with Crippen LogP contribution in [0.1, 0.15) is 46.7 Å². The molecule has 1 saturated heterocycles. The lowest BCUT2D eigenvalue weighted by atomic mass is 9.97. The Labute approximate surface area is 144 Å². The Morgan fingerprint density at radius 1 is 1.52 bits per heavy atom. The molecule has 0 bridgehead atoms. The van der Waals surface area contributed by atoms with E-state index in [1.807, 2.05) is 0 Å². The Hall–Kier alpha value is -2.55. The zero-order valence-corrected chi connectivity index (χ0v) is 14.3. The van der Waals surface area contributed by atoms with E-state index in [0.29, 0.717) is 43.7 Å². The minimum atomic E-state index is -0.417. The van der Waals surface area contributed by atoms with Gasteiger partial charge in [-0.1, -0.05) is 5.16 Å². The number of aromatic nitrogens is 4. The molecule has 9 heteroatoms. The number of rotatable bonds is 5. The molecule has 0 spiro atoms. The van der Waals surface area contributed by atoms with Crippen molar-refractivity contribution in [3.8, 4) is 0 Å². The lowest BCUT2D eigenvalue weighted by Gasteiger charge is -2.30. The van der Waals surface area contributed by atoms with Crippen LogP contribution in [0.3, 0.4) is 0 Å². The molecule has 0 aromatic carbocycles. The van der Waals surface area contributed by atoms with Gasteiger partial charge < -0.3 is 19.1 Å². The quantitative estimate of drug-likeness (QED) is 0.845. The molecule has 0 unspecified atom stereocenters. The predicted octanol–water partition coefficient (Wildman–Crippen LogP) is 0.670. The number of amides is 1. The molecule has 1 N–H and O–H groups in total. The number of nitrogens with one attached hydrogen (secondary N) is 1. The summed E-state index contributed by atoms with van der Waals surface area (Å²) in [5.41, 5.74) is -0.364. The highest BCUT2D eigenvalue weighted by molar-refractivity contribution is 5.93. The molecule has 0 saturated carbocycles. The molecular weight excluding hydrogens is 326 g/mol. The number of hydrogen-bond acceptors (Lipinski definition) is 7. The molecule has 9 nitrogen and oxygen atoms in total. The average molecular weight is 347 g/mol. The highest BCUT2D eigenvalue weighted by Crippen LogP contribution is 2.26. The second-order valence-corrected chi connectivity index (χ2v) is 6.09. The van der Waals surface area contributed by atoms with Gasteiger partial charge in [-0.2, -0.15) is 4.98 Å². The maximum absolute atomic E-state index is 12.6. The summed E-state index contributed by atoms with van der Waals surface area (Å²) in [6.07, 6.45) is 3.58. The van der Waals surface area contributed by atoms with Gasteiger partial charge in [0, 0.05) is 32.8 Å². The van der Waals surface area contributed by atoms with E-state index in [1.54, 1.807) is 18.9 Å². The molecule has 1 aliphatic rings. The van der Waals surface area contributed by atoms with E-state index >= 15 is 0 Å². The Bertz CT molecular complexity index is 800. The van der Waals surface area contributed by atoms with E-state index in [4.69, 9.17) is 9.26 Å². The molecule has 3 rings (SSSR count). The summed E-state index contributed by atoms with van der Waals surface area (Å²) >= 11 is 0. The monoisotopic (exact) mass is 347 g/mol. The van der Waals surface area contributed by atoms with Crippen LogP contribution in [-0.2, 0) is 11.2 Å². The molecule has 1 aliphatic heterocycles. The number of piperidine rings is 1. The van der Waals surface area contributed by atoms with E-state index in [1.165, 1.54) is 6.20 Å². The minimum absolute atomic E-state index is 0.0287. The summed E-state index contributed by atoms with van der Waals surface area (Å²) in [5, 5.41) is 3.95. The van der Waals surface area contributed by atoms with Crippen LogP contribution in [0, 0.1) is 6.92 Å². The first-order valence-electron chi connectivity index (χ1n) is 8.25. The van der Waals surface area contributed by atoms with Crippen molar-refractivity contribution >= 4 is 5.91 Å². The van der Waals surface area contributed by atoms with Gasteiger partial charge in [0.2, 0.25) is 5.89 Å². The molecule has 1 amide bonds. The van der Waals surface area contributed by atoms with Gasteiger partial charge in [0.15, 0.2) is 5.82 Å². The lowest BCUT2D eigenvalue weighted by molar-refractivity contribution is 0.0693. The van der Waals surface area contributed by atoms with Crippen LogP contribution in [0.25, 0.3) is 0 Å². The van der Waals surface area contributed by atoms with Crippen LogP contribution < -0.4 is 5.56 Å². The van der Waals surface area contributed by atoms with Crippen LogP contribution in [0.15, 0.2) is 15.5 Å². The molecular formula is C16H21N5O4. The number of methoxy groups -OCH3 is 1. The van der Waals surface area contributed by atoms with Gasteiger partial charge in [-0.3, -0.25) is 9.59 Å². The number of likely N-dealkylation sites (tertiary alicyclic amines) is 1. The number of carbonyl (C=O) groups excluding carboxylic acids is 1. The van der Waals surface area contributed by atoms with E-state index in [-0.39, 0.29) is 17.4 Å². The molecule has 1 fully saturated rings. The summed E-state index contributed by atoms with van der Waals surface area (Å²) in [7, 11) is 1.62. The fourth-order valence-electron chi connectivity index (χ4n) is 2.90. The van der Waals surface area contributed by atoms with E-state index in [9.17, 15) is 9.59 Å². The van der Waals surface area contributed by atoms with Crippen molar-refractivity contribution in [3.63, 3.8) is 0 Å². The molecule has 2 aromatic rings. The van der Waals surface area contributed by atoms with Crippen molar-refractivity contribution in [1.82, 2.24) is 25.0 Å². The van der Waals surface area contributed by atoms with Gasteiger partial charge in [-0.15, -0.1) is 0 Å². The topological polar surface area (TPSA) is 114 Å². The van der Waals surface area contributed by atoms with Crippen molar-refractivity contribution in [2.75, 3.05) is 26.8 Å². The first-order chi connectivity index (χ1) is 12.1. The number of ether oxygens (including phenoxy) is 1. The van der Waals surface area contributed by atoms with Crippen molar-refractivity contribution < 1.29 is 14.1 Å². The fraction of sp³-hybridized carbons (Fsp3) is 0.562. The van der Waals surface area contributed by atoms with Crippen LogP contribution >= 0.6 is 0 Å². The second-order valence-electron chi connectivity index (χ2n) is 6.09. The number of nitrogens with zero attached hydrogens (tertiary/aromatic N) is 4. The van der Waals surface area contributed by atoms with Crippen molar-refractivity contribution in [2.45, 2.75) is 32.1 Å². The number of aromatic amines is 1. The van der Waals surface area contributed by atoms with Crippen molar-refractivity contribution in [2.24, 2.45) is 0 Å². The smallest absolute Gasteiger partial charge is 0.263 e. The third-order valence-corrected chi connectivity index (χ3v) is 4.23. The second kappa shape index (κ2) is 7.56. The minimum Gasteiger partial charge on any atom is -0.384 e. The maximum atomic E-state index is 12.6. The Balaban J connectivity index is 1.71. The number of aryl methyl sites for hydroxylation is 1. The number of H-pyrrole nitrogens is 1. The van der Waals surface area contributed by atoms with Gasteiger partial charge in [0.05, 0.1) is 12.5 Å². The van der Waals surface area contributed by atoms with Gasteiger partial charge >= 0.3 is 0 Å². The molecule has 25 heavy (non-hydrogen) atoms. The Morgan fingerprint density at radius 2 is 2.36 bits per heavy atom. The molecule has 0 radical (unpaired) electrons. The van der Waals surface area contributed by atoms with Crippen molar-refractivity contribution in [1.29, 1.82) is 0 Å². The van der Waals surface area contributed by atoms with E-state index in [0.717, 1.165) is 12.8 Å². The zero-order valence-electron chi connectivity index (χ0n) is 14.3. The third kappa shape index (κ3) is 3.93. The van der Waals surface area contributed by atoms with Gasteiger partial charge in [-0.25, -0.2) is 4.98 Å². The Morgan fingerprint density at radius 3 is 3.12 bits per heavy atom. The first-order valence-corrected chi connectivity index (χ1v) is 8.25. The standard InChI is InChI=1S/C16H21N5O4/c1-10-17-8-12(14(22)18-10)16(23)21-6-3-4-11(9-21)15-19-13(20-25-15)5-7-24-2/h8,11H,3-7,9H2,1-2H3,(H,17,18,22)/t11-/m1/s1.